The van der Waals surface area contributed by atoms with Crippen LogP contribution in [-0.2, 0) is 28.5 Å². The third-order valence-corrected chi connectivity index (χ3v) is 5.59. The summed E-state index contributed by atoms with van der Waals surface area (Å²) in [7, 11) is 0. The van der Waals surface area contributed by atoms with E-state index in [1.807, 2.05) is 20.8 Å². The van der Waals surface area contributed by atoms with Gasteiger partial charge in [0.05, 0.1) is 25.7 Å². The number of hydrogen-bond donors (Lipinski definition) is 1. The van der Waals surface area contributed by atoms with Crippen molar-refractivity contribution in [1.29, 1.82) is 0 Å². The molecule has 0 spiro atoms. The SMILES string of the molecule is CCCCOC[C@H]1O[C@@H](C(F)(F)C/C(=N/O)C(=O)OCC)C[C@@H](OCCCC)[C@H]1OCCCC. The molecule has 0 saturated carbocycles. The first kappa shape index (κ1) is 30.7. The molecule has 200 valence electrons. The van der Waals surface area contributed by atoms with Crippen molar-refractivity contribution in [3.05, 3.63) is 0 Å². The molecule has 34 heavy (non-hydrogen) atoms. The number of hydrogen-bond acceptors (Lipinski definition) is 8. The topological polar surface area (TPSA) is 95.8 Å². The zero-order valence-electron chi connectivity index (χ0n) is 21.1. The van der Waals surface area contributed by atoms with Crippen LogP contribution in [0, 0.1) is 0 Å². The van der Waals surface area contributed by atoms with E-state index in [2.05, 4.69) is 5.16 Å². The smallest absolute Gasteiger partial charge is 0.356 e. The van der Waals surface area contributed by atoms with Gasteiger partial charge < -0.3 is 28.9 Å². The molecule has 1 aliphatic heterocycles. The van der Waals surface area contributed by atoms with E-state index in [1.54, 1.807) is 0 Å². The van der Waals surface area contributed by atoms with E-state index in [4.69, 9.17) is 28.9 Å². The Bertz CT molecular complexity index is 592. The van der Waals surface area contributed by atoms with E-state index < -0.39 is 48.4 Å². The minimum Gasteiger partial charge on any atom is -0.461 e. The van der Waals surface area contributed by atoms with Gasteiger partial charge in [-0.25, -0.2) is 13.6 Å². The van der Waals surface area contributed by atoms with Crippen molar-refractivity contribution >= 4 is 11.7 Å². The minimum absolute atomic E-state index is 0.0232. The maximum atomic E-state index is 15.3. The quantitative estimate of drug-likeness (QED) is 0.0964. The van der Waals surface area contributed by atoms with E-state index in [-0.39, 0.29) is 19.6 Å². The summed E-state index contributed by atoms with van der Waals surface area (Å²) in [6.45, 7) is 9.09. The van der Waals surface area contributed by atoms with Gasteiger partial charge in [0.15, 0.2) is 5.71 Å². The number of oxime groups is 1. The van der Waals surface area contributed by atoms with Crippen LogP contribution in [-0.4, -0.2) is 80.3 Å². The molecule has 0 radical (unpaired) electrons. The molecule has 0 unspecified atom stereocenters. The second kappa shape index (κ2) is 17.1. The number of alkyl halides is 2. The Morgan fingerprint density at radius 2 is 1.65 bits per heavy atom. The fourth-order valence-electron chi connectivity index (χ4n) is 3.60. The van der Waals surface area contributed by atoms with Crippen molar-refractivity contribution in [3.63, 3.8) is 0 Å². The lowest BCUT2D eigenvalue weighted by atomic mass is 9.92. The van der Waals surface area contributed by atoms with Crippen LogP contribution in [0.2, 0.25) is 0 Å². The molecule has 0 aromatic heterocycles. The summed E-state index contributed by atoms with van der Waals surface area (Å²) in [6, 6.07) is 0. The Morgan fingerprint density at radius 3 is 2.24 bits per heavy atom. The van der Waals surface area contributed by atoms with Gasteiger partial charge in [-0.3, -0.25) is 0 Å². The third-order valence-electron chi connectivity index (χ3n) is 5.59. The van der Waals surface area contributed by atoms with E-state index in [0.29, 0.717) is 19.8 Å². The van der Waals surface area contributed by atoms with Gasteiger partial charge >= 0.3 is 5.97 Å². The predicted octanol–water partition coefficient (Wildman–Crippen LogP) is 4.75. The molecule has 10 heteroatoms. The van der Waals surface area contributed by atoms with E-state index >= 15 is 8.78 Å². The molecule has 1 aliphatic rings. The van der Waals surface area contributed by atoms with Crippen molar-refractivity contribution < 1.29 is 42.5 Å². The van der Waals surface area contributed by atoms with Gasteiger partial charge in [0, 0.05) is 26.2 Å². The molecular weight excluding hydrogens is 452 g/mol. The number of rotatable bonds is 18. The standard InChI is InChI=1S/C24H43F2NO7/c1-5-9-12-30-17-20-22(33-14-11-7-3)19(32-13-10-6-2)15-21(34-20)24(25,26)16-18(27-29)23(28)31-8-4/h19-22,29H,5-17H2,1-4H3/b27-18-/t19-,20-,21-,22-/m1/s1. The molecule has 4 atom stereocenters. The molecule has 1 heterocycles. The van der Waals surface area contributed by atoms with Crippen molar-refractivity contribution in [3.8, 4) is 0 Å². The summed E-state index contributed by atoms with van der Waals surface area (Å²) < 4.78 is 58.9. The van der Waals surface area contributed by atoms with Crippen molar-refractivity contribution in [2.45, 2.75) is 109 Å². The number of esters is 1. The highest BCUT2D eigenvalue weighted by molar-refractivity contribution is 6.36. The summed E-state index contributed by atoms with van der Waals surface area (Å²) in [4.78, 5) is 11.9. The van der Waals surface area contributed by atoms with Gasteiger partial charge in [0.25, 0.3) is 5.92 Å². The highest BCUT2D eigenvalue weighted by Gasteiger charge is 2.51. The Morgan fingerprint density at radius 1 is 1.03 bits per heavy atom. The Kier molecular flexibility index (Phi) is 15.5. The molecule has 0 aromatic rings. The first-order valence-electron chi connectivity index (χ1n) is 12.6. The second-order valence-electron chi connectivity index (χ2n) is 8.48. The third kappa shape index (κ3) is 10.5. The van der Waals surface area contributed by atoms with Crippen LogP contribution < -0.4 is 0 Å². The average Bonchev–Trinajstić information content (AvgIpc) is 2.81. The summed E-state index contributed by atoms with van der Waals surface area (Å²) >= 11 is 0. The maximum absolute atomic E-state index is 15.3. The van der Waals surface area contributed by atoms with Crippen LogP contribution in [0.3, 0.4) is 0 Å². The predicted molar refractivity (Wildman–Crippen MR) is 124 cm³/mol. The maximum Gasteiger partial charge on any atom is 0.356 e. The zero-order chi connectivity index (χ0) is 25.4. The number of carbonyl (C=O) groups excluding carboxylic acids is 1. The highest BCUT2D eigenvalue weighted by Crippen LogP contribution is 2.37. The van der Waals surface area contributed by atoms with E-state index in [1.165, 1.54) is 6.92 Å². The van der Waals surface area contributed by atoms with Crippen LogP contribution >= 0.6 is 0 Å². The summed E-state index contributed by atoms with van der Waals surface area (Å²) in [5.41, 5.74) is -0.754. The number of ether oxygens (including phenoxy) is 5. The highest BCUT2D eigenvalue weighted by atomic mass is 19.3. The van der Waals surface area contributed by atoms with Gasteiger partial charge in [0.2, 0.25) is 0 Å². The number of nitrogens with zero attached hydrogens (tertiary/aromatic N) is 1. The van der Waals surface area contributed by atoms with Gasteiger partial charge in [0.1, 0.15) is 18.3 Å². The summed E-state index contributed by atoms with van der Waals surface area (Å²) in [5, 5.41) is 11.9. The van der Waals surface area contributed by atoms with Gasteiger partial charge in [-0.05, 0) is 26.2 Å². The summed E-state index contributed by atoms with van der Waals surface area (Å²) in [5.74, 6) is -4.59. The fourth-order valence-corrected chi connectivity index (χ4v) is 3.60. The largest absolute Gasteiger partial charge is 0.461 e. The molecule has 1 rings (SSSR count). The molecule has 1 N–H and O–H groups in total. The number of carbonyl (C=O) groups is 1. The van der Waals surface area contributed by atoms with E-state index in [9.17, 15) is 4.79 Å². The minimum atomic E-state index is -3.50. The number of halogens is 2. The van der Waals surface area contributed by atoms with Crippen molar-refractivity contribution in [1.82, 2.24) is 0 Å². The average molecular weight is 496 g/mol. The lowest BCUT2D eigenvalue weighted by Crippen LogP contribution is -2.57. The molecule has 0 amide bonds. The Labute approximate surface area is 202 Å². The van der Waals surface area contributed by atoms with Crippen LogP contribution in [0.25, 0.3) is 0 Å². The fraction of sp³-hybridized carbons (Fsp3) is 0.917. The van der Waals surface area contributed by atoms with Gasteiger partial charge in [-0.1, -0.05) is 45.2 Å². The lowest BCUT2D eigenvalue weighted by Gasteiger charge is -2.43. The van der Waals surface area contributed by atoms with Crippen LogP contribution in [0.1, 0.15) is 79.1 Å². The molecule has 8 nitrogen and oxygen atoms in total. The lowest BCUT2D eigenvalue weighted by molar-refractivity contribution is -0.256. The van der Waals surface area contributed by atoms with Gasteiger partial charge in [-0.15, -0.1) is 0 Å². The van der Waals surface area contributed by atoms with Crippen molar-refractivity contribution in [2.75, 3.05) is 33.0 Å². The monoisotopic (exact) mass is 495 g/mol. The molecule has 0 aliphatic carbocycles. The molecular formula is C24H43F2NO7. The van der Waals surface area contributed by atoms with Crippen LogP contribution in [0.4, 0.5) is 8.78 Å². The second-order valence-corrected chi connectivity index (χ2v) is 8.48. The Balaban J connectivity index is 3.07. The summed E-state index contributed by atoms with van der Waals surface area (Å²) in [6.07, 6.45) is 0.520. The van der Waals surface area contributed by atoms with Crippen LogP contribution in [0.15, 0.2) is 5.16 Å². The molecule has 1 fully saturated rings. The normalized spacial score (nSPS) is 23.8. The van der Waals surface area contributed by atoms with Gasteiger partial charge in [-0.2, -0.15) is 0 Å². The molecule has 0 aromatic carbocycles. The molecule has 1 saturated heterocycles. The first-order chi connectivity index (χ1) is 16.3. The van der Waals surface area contributed by atoms with Crippen LogP contribution in [0.5, 0.6) is 0 Å². The first-order valence-corrected chi connectivity index (χ1v) is 12.6. The zero-order valence-corrected chi connectivity index (χ0v) is 21.1. The molecule has 0 bridgehead atoms. The Hall–Kier alpha value is -1.36. The van der Waals surface area contributed by atoms with E-state index in [0.717, 1.165) is 38.5 Å². The van der Waals surface area contributed by atoms with Crippen molar-refractivity contribution in [2.24, 2.45) is 5.16 Å². The number of unbranched alkanes of at least 4 members (excludes halogenated alkanes) is 3.